The molecule has 0 amide bonds. The molecule has 0 spiro atoms. The molecule has 4 heteroatoms. The normalized spacial score (nSPS) is 12.6. The second kappa shape index (κ2) is 5.91. The van der Waals surface area contributed by atoms with E-state index in [-0.39, 0.29) is 6.04 Å². The Morgan fingerprint density at radius 3 is 2.71 bits per heavy atom. The van der Waals surface area contributed by atoms with Crippen LogP contribution in [0.3, 0.4) is 0 Å². The van der Waals surface area contributed by atoms with Gasteiger partial charge in [-0.25, -0.2) is 4.98 Å². The fourth-order valence-electron chi connectivity index (χ4n) is 1.80. The Hall–Kier alpha value is -1.23. The Morgan fingerprint density at radius 1 is 1.35 bits per heavy atom. The summed E-state index contributed by atoms with van der Waals surface area (Å²) in [5, 5.41) is 1.08. The molecule has 0 radical (unpaired) electrons. The van der Waals surface area contributed by atoms with Crippen LogP contribution in [0.25, 0.3) is 0 Å². The summed E-state index contributed by atoms with van der Waals surface area (Å²) < 4.78 is 0. The van der Waals surface area contributed by atoms with Gasteiger partial charge in [-0.3, -0.25) is 11.3 Å². The topological polar surface area (TPSA) is 50.9 Å². The molecule has 0 saturated carbocycles. The first-order chi connectivity index (χ1) is 8.29. The SMILES string of the molecule is Cc1ncc(C(CCc2ccccc2)NN)s1. The van der Waals surface area contributed by atoms with Crippen LogP contribution in [0, 0.1) is 6.92 Å². The number of hydrogen-bond acceptors (Lipinski definition) is 4. The monoisotopic (exact) mass is 247 g/mol. The highest BCUT2D eigenvalue weighted by Gasteiger charge is 2.12. The van der Waals surface area contributed by atoms with Gasteiger partial charge in [-0.05, 0) is 25.3 Å². The van der Waals surface area contributed by atoms with Crippen molar-refractivity contribution in [2.45, 2.75) is 25.8 Å². The minimum atomic E-state index is 0.196. The summed E-state index contributed by atoms with van der Waals surface area (Å²) in [4.78, 5) is 5.47. The maximum Gasteiger partial charge on any atom is 0.0897 e. The van der Waals surface area contributed by atoms with Gasteiger partial charge in [-0.1, -0.05) is 30.3 Å². The standard InChI is InChI=1S/C13H17N3S/c1-10-15-9-13(17-10)12(16-14)8-7-11-5-3-2-4-6-11/h2-6,9,12,16H,7-8,14H2,1H3. The summed E-state index contributed by atoms with van der Waals surface area (Å²) in [5.74, 6) is 5.61. The highest BCUT2D eigenvalue weighted by molar-refractivity contribution is 7.11. The predicted molar refractivity (Wildman–Crippen MR) is 71.7 cm³/mol. The van der Waals surface area contributed by atoms with E-state index in [1.54, 1.807) is 11.3 Å². The zero-order valence-electron chi connectivity index (χ0n) is 9.89. The van der Waals surface area contributed by atoms with E-state index in [0.717, 1.165) is 17.8 Å². The summed E-state index contributed by atoms with van der Waals surface area (Å²) in [6.45, 7) is 2.01. The van der Waals surface area contributed by atoms with Gasteiger partial charge in [0.05, 0.1) is 11.0 Å². The Morgan fingerprint density at radius 2 is 2.12 bits per heavy atom. The number of rotatable bonds is 5. The molecule has 2 rings (SSSR count). The lowest BCUT2D eigenvalue weighted by Gasteiger charge is -2.13. The first-order valence-corrected chi connectivity index (χ1v) is 6.53. The maximum absolute atomic E-state index is 5.61. The molecular weight excluding hydrogens is 230 g/mol. The molecule has 1 unspecified atom stereocenters. The van der Waals surface area contributed by atoms with Crippen molar-refractivity contribution in [2.24, 2.45) is 5.84 Å². The summed E-state index contributed by atoms with van der Waals surface area (Å²) in [5.41, 5.74) is 4.21. The van der Waals surface area contributed by atoms with Gasteiger partial charge in [-0.2, -0.15) is 0 Å². The maximum atomic E-state index is 5.61. The van der Waals surface area contributed by atoms with Gasteiger partial charge >= 0.3 is 0 Å². The largest absolute Gasteiger partial charge is 0.271 e. The first-order valence-electron chi connectivity index (χ1n) is 5.72. The highest BCUT2D eigenvalue weighted by Crippen LogP contribution is 2.23. The fraction of sp³-hybridized carbons (Fsp3) is 0.308. The summed E-state index contributed by atoms with van der Waals surface area (Å²) >= 11 is 1.70. The van der Waals surface area contributed by atoms with Gasteiger partial charge in [0, 0.05) is 11.1 Å². The molecule has 3 nitrogen and oxygen atoms in total. The number of benzene rings is 1. The van der Waals surface area contributed by atoms with Crippen LogP contribution in [-0.2, 0) is 6.42 Å². The molecule has 1 heterocycles. The van der Waals surface area contributed by atoms with Gasteiger partial charge in [0.25, 0.3) is 0 Å². The Kier molecular flexibility index (Phi) is 4.25. The van der Waals surface area contributed by atoms with E-state index in [4.69, 9.17) is 5.84 Å². The molecule has 1 aromatic carbocycles. The summed E-state index contributed by atoms with van der Waals surface area (Å²) in [7, 11) is 0. The number of hydrazine groups is 1. The van der Waals surface area contributed by atoms with Crippen LogP contribution < -0.4 is 11.3 Å². The molecule has 0 aliphatic carbocycles. The molecule has 0 aliphatic rings. The molecule has 0 saturated heterocycles. The molecule has 90 valence electrons. The third kappa shape index (κ3) is 3.36. The molecule has 0 fully saturated rings. The Bertz CT molecular complexity index is 453. The second-order valence-corrected chi connectivity index (χ2v) is 5.29. The summed E-state index contributed by atoms with van der Waals surface area (Å²) in [6, 6.07) is 10.7. The number of nitrogens with one attached hydrogen (secondary N) is 1. The van der Waals surface area contributed by atoms with Crippen LogP contribution in [0.5, 0.6) is 0 Å². The van der Waals surface area contributed by atoms with Crippen LogP contribution in [-0.4, -0.2) is 4.98 Å². The van der Waals surface area contributed by atoms with E-state index < -0.39 is 0 Å². The number of hydrogen-bond donors (Lipinski definition) is 2. The predicted octanol–water partition coefficient (Wildman–Crippen LogP) is 2.59. The van der Waals surface area contributed by atoms with Crippen molar-refractivity contribution in [3.63, 3.8) is 0 Å². The number of aromatic nitrogens is 1. The molecule has 3 N–H and O–H groups in total. The van der Waals surface area contributed by atoms with E-state index in [0.29, 0.717) is 0 Å². The van der Waals surface area contributed by atoms with Crippen molar-refractivity contribution in [2.75, 3.05) is 0 Å². The molecule has 0 aliphatic heterocycles. The second-order valence-electron chi connectivity index (χ2n) is 4.03. The minimum Gasteiger partial charge on any atom is -0.271 e. The van der Waals surface area contributed by atoms with Gasteiger partial charge in [0.1, 0.15) is 0 Å². The lowest BCUT2D eigenvalue weighted by atomic mass is 10.1. The molecule has 1 atom stereocenters. The molecule has 2 aromatic rings. The van der Waals surface area contributed by atoms with Crippen LogP contribution in [0.15, 0.2) is 36.5 Å². The number of aryl methyl sites for hydroxylation is 2. The first kappa shape index (κ1) is 12.2. The van der Waals surface area contributed by atoms with E-state index in [2.05, 4.69) is 34.7 Å². The Labute approximate surface area is 106 Å². The van der Waals surface area contributed by atoms with Crippen LogP contribution in [0.4, 0.5) is 0 Å². The molecule has 1 aromatic heterocycles. The van der Waals surface area contributed by atoms with Crippen molar-refractivity contribution in [3.8, 4) is 0 Å². The van der Waals surface area contributed by atoms with Crippen molar-refractivity contribution in [3.05, 3.63) is 52.0 Å². The molecule has 0 bridgehead atoms. The van der Waals surface area contributed by atoms with E-state index in [1.807, 2.05) is 19.2 Å². The molecule has 17 heavy (non-hydrogen) atoms. The number of thiazole rings is 1. The van der Waals surface area contributed by atoms with Crippen molar-refractivity contribution in [1.29, 1.82) is 0 Å². The van der Waals surface area contributed by atoms with E-state index >= 15 is 0 Å². The van der Waals surface area contributed by atoms with Crippen molar-refractivity contribution in [1.82, 2.24) is 10.4 Å². The zero-order chi connectivity index (χ0) is 12.1. The third-order valence-corrected chi connectivity index (χ3v) is 3.77. The van der Waals surface area contributed by atoms with Crippen molar-refractivity contribution < 1.29 is 0 Å². The van der Waals surface area contributed by atoms with Gasteiger partial charge in [0.15, 0.2) is 0 Å². The van der Waals surface area contributed by atoms with E-state index in [1.165, 1.54) is 10.4 Å². The average Bonchev–Trinajstić information content (AvgIpc) is 2.78. The van der Waals surface area contributed by atoms with Crippen molar-refractivity contribution >= 4 is 11.3 Å². The zero-order valence-corrected chi connectivity index (χ0v) is 10.7. The molecular formula is C13H17N3S. The average molecular weight is 247 g/mol. The van der Waals surface area contributed by atoms with Gasteiger partial charge < -0.3 is 0 Å². The van der Waals surface area contributed by atoms with Crippen LogP contribution >= 0.6 is 11.3 Å². The van der Waals surface area contributed by atoms with Gasteiger partial charge in [-0.15, -0.1) is 11.3 Å². The lowest BCUT2D eigenvalue weighted by molar-refractivity contribution is 0.523. The van der Waals surface area contributed by atoms with Crippen LogP contribution in [0.1, 0.15) is 27.9 Å². The minimum absolute atomic E-state index is 0.196. The van der Waals surface area contributed by atoms with Gasteiger partial charge in [0.2, 0.25) is 0 Å². The number of nitrogens with zero attached hydrogens (tertiary/aromatic N) is 1. The van der Waals surface area contributed by atoms with E-state index in [9.17, 15) is 0 Å². The smallest absolute Gasteiger partial charge is 0.0897 e. The van der Waals surface area contributed by atoms with Crippen LogP contribution in [0.2, 0.25) is 0 Å². The lowest BCUT2D eigenvalue weighted by Crippen LogP contribution is -2.27. The quantitative estimate of drug-likeness (QED) is 0.630. The fourth-order valence-corrected chi connectivity index (χ4v) is 2.68. The third-order valence-electron chi connectivity index (χ3n) is 2.75. The summed E-state index contributed by atoms with van der Waals surface area (Å²) in [6.07, 6.45) is 3.92. The number of nitrogens with two attached hydrogens (primary N) is 1. The highest BCUT2D eigenvalue weighted by atomic mass is 32.1. The Balaban J connectivity index is 1.97.